The molecule has 0 spiro atoms. The van der Waals surface area contributed by atoms with Crippen LogP contribution in [-0.2, 0) is 6.42 Å². The smallest absolute Gasteiger partial charge is 0.121 e. The van der Waals surface area contributed by atoms with Crippen molar-refractivity contribution in [2.24, 2.45) is 0 Å². The Hall–Kier alpha value is -1.96. The van der Waals surface area contributed by atoms with Crippen molar-refractivity contribution in [3.63, 3.8) is 0 Å². The number of ether oxygens (including phenoxy) is 1. The summed E-state index contributed by atoms with van der Waals surface area (Å²) in [5.74, 6) is 0.932. The summed E-state index contributed by atoms with van der Waals surface area (Å²) in [6.45, 7) is 2.06. The molecule has 2 aromatic rings. The molecule has 0 bridgehead atoms. The van der Waals surface area contributed by atoms with Gasteiger partial charge in [0, 0.05) is 5.69 Å². The Kier molecular flexibility index (Phi) is 3.33. The van der Waals surface area contributed by atoms with E-state index in [2.05, 4.69) is 25.1 Å². The fourth-order valence-corrected chi connectivity index (χ4v) is 1.99. The SMILES string of the molecule is COc1ccc(Cc2cccc(N)c2)cc1C. The summed E-state index contributed by atoms with van der Waals surface area (Å²) >= 11 is 0. The van der Waals surface area contributed by atoms with Crippen LogP contribution in [0.4, 0.5) is 5.69 Å². The molecule has 0 fully saturated rings. The summed E-state index contributed by atoms with van der Waals surface area (Å²) in [6.07, 6.45) is 0.899. The van der Waals surface area contributed by atoms with Gasteiger partial charge in [0.25, 0.3) is 0 Å². The van der Waals surface area contributed by atoms with Gasteiger partial charge in [-0.1, -0.05) is 24.3 Å². The lowest BCUT2D eigenvalue weighted by atomic mass is 10.0. The summed E-state index contributed by atoms with van der Waals surface area (Å²) in [5, 5.41) is 0. The van der Waals surface area contributed by atoms with Crippen molar-refractivity contribution in [1.82, 2.24) is 0 Å². The lowest BCUT2D eigenvalue weighted by Gasteiger charge is -2.08. The lowest BCUT2D eigenvalue weighted by molar-refractivity contribution is 0.411. The van der Waals surface area contributed by atoms with Crippen molar-refractivity contribution in [3.8, 4) is 5.75 Å². The third-order valence-corrected chi connectivity index (χ3v) is 2.82. The van der Waals surface area contributed by atoms with Gasteiger partial charge in [-0.2, -0.15) is 0 Å². The van der Waals surface area contributed by atoms with Gasteiger partial charge < -0.3 is 10.5 Å². The van der Waals surface area contributed by atoms with E-state index in [1.807, 2.05) is 24.3 Å². The molecule has 0 aliphatic rings. The Morgan fingerprint density at radius 1 is 1.06 bits per heavy atom. The number of nitrogen functional groups attached to an aromatic ring is 1. The number of benzene rings is 2. The van der Waals surface area contributed by atoms with E-state index in [0.717, 1.165) is 23.4 Å². The van der Waals surface area contributed by atoms with E-state index in [1.54, 1.807) is 7.11 Å². The van der Waals surface area contributed by atoms with Crippen LogP contribution in [0.3, 0.4) is 0 Å². The molecule has 0 radical (unpaired) electrons. The van der Waals surface area contributed by atoms with Gasteiger partial charge in [0.05, 0.1) is 7.11 Å². The Morgan fingerprint density at radius 2 is 1.82 bits per heavy atom. The Balaban J connectivity index is 2.22. The maximum absolute atomic E-state index is 5.77. The highest BCUT2D eigenvalue weighted by Gasteiger charge is 2.01. The number of nitrogens with two attached hydrogens (primary N) is 1. The second-order valence-corrected chi connectivity index (χ2v) is 4.23. The third kappa shape index (κ3) is 2.78. The maximum atomic E-state index is 5.77. The van der Waals surface area contributed by atoms with E-state index >= 15 is 0 Å². The molecule has 2 rings (SSSR count). The largest absolute Gasteiger partial charge is 0.496 e. The number of rotatable bonds is 3. The predicted molar refractivity (Wildman–Crippen MR) is 71.4 cm³/mol. The monoisotopic (exact) mass is 227 g/mol. The fraction of sp³-hybridized carbons (Fsp3) is 0.200. The van der Waals surface area contributed by atoms with Crippen LogP contribution in [0.25, 0.3) is 0 Å². The van der Waals surface area contributed by atoms with Crippen LogP contribution in [0, 0.1) is 6.92 Å². The van der Waals surface area contributed by atoms with Crippen molar-refractivity contribution in [2.45, 2.75) is 13.3 Å². The molecule has 0 amide bonds. The normalized spacial score (nSPS) is 10.2. The quantitative estimate of drug-likeness (QED) is 0.817. The van der Waals surface area contributed by atoms with Crippen LogP contribution in [0.2, 0.25) is 0 Å². The molecular formula is C15H17NO. The zero-order valence-corrected chi connectivity index (χ0v) is 10.2. The molecule has 0 unspecified atom stereocenters. The highest BCUT2D eigenvalue weighted by molar-refractivity contribution is 5.43. The van der Waals surface area contributed by atoms with Gasteiger partial charge in [0.1, 0.15) is 5.75 Å². The summed E-state index contributed by atoms with van der Waals surface area (Å²) in [4.78, 5) is 0. The molecule has 2 heteroatoms. The number of hydrogen-bond donors (Lipinski definition) is 1. The van der Waals surface area contributed by atoms with Crippen LogP contribution < -0.4 is 10.5 Å². The standard InChI is InChI=1S/C15H17NO/c1-11-8-13(6-7-15(11)17-2)9-12-4-3-5-14(16)10-12/h3-8,10H,9,16H2,1-2H3. The van der Waals surface area contributed by atoms with Gasteiger partial charge in [0.2, 0.25) is 0 Å². The predicted octanol–water partition coefficient (Wildman–Crippen LogP) is 3.18. The molecule has 0 saturated carbocycles. The first-order valence-electron chi connectivity index (χ1n) is 5.67. The summed E-state index contributed by atoms with van der Waals surface area (Å²) in [7, 11) is 1.69. The van der Waals surface area contributed by atoms with Gasteiger partial charge in [-0.15, -0.1) is 0 Å². The highest BCUT2D eigenvalue weighted by atomic mass is 16.5. The Labute approximate surface area is 102 Å². The van der Waals surface area contributed by atoms with Crippen LogP contribution >= 0.6 is 0 Å². The maximum Gasteiger partial charge on any atom is 0.121 e. The number of hydrogen-bond acceptors (Lipinski definition) is 2. The zero-order valence-electron chi connectivity index (χ0n) is 10.2. The second-order valence-electron chi connectivity index (χ2n) is 4.23. The van der Waals surface area contributed by atoms with Crippen molar-refractivity contribution in [3.05, 3.63) is 59.2 Å². The molecule has 17 heavy (non-hydrogen) atoms. The number of aryl methyl sites for hydroxylation is 1. The fourth-order valence-electron chi connectivity index (χ4n) is 1.99. The molecule has 2 nitrogen and oxygen atoms in total. The van der Waals surface area contributed by atoms with E-state index in [4.69, 9.17) is 10.5 Å². The highest BCUT2D eigenvalue weighted by Crippen LogP contribution is 2.20. The van der Waals surface area contributed by atoms with E-state index < -0.39 is 0 Å². The van der Waals surface area contributed by atoms with Crippen LogP contribution in [0.1, 0.15) is 16.7 Å². The minimum atomic E-state index is 0.813. The Morgan fingerprint density at radius 3 is 2.47 bits per heavy atom. The van der Waals surface area contributed by atoms with Gasteiger partial charge in [-0.25, -0.2) is 0 Å². The number of anilines is 1. The average molecular weight is 227 g/mol. The molecule has 0 atom stereocenters. The molecule has 0 saturated heterocycles. The van der Waals surface area contributed by atoms with E-state index in [-0.39, 0.29) is 0 Å². The molecule has 88 valence electrons. The van der Waals surface area contributed by atoms with Crippen molar-refractivity contribution < 1.29 is 4.74 Å². The number of methoxy groups -OCH3 is 1. The summed E-state index contributed by atoms with van der Waals surface area (Å²) < 4.78 is 5.25. The van der Waals surface area contributed by atoms with Crippen molar-refractivity contribution in [2.75, 3.05) is 12.8 Å². The molecule has 2 aromatic carbocycles. The molecule has 0 heterocycles. The summed E-state index contributed by atoms with van der Waals surface area (Å²) in [5.41, 5.74) is 10.2. The van der Waals surface area contributed by atoms with Crippen molar-refractivity contribution >= 4 is 5.69 Å². The molecule has 2 N–H and O–H groups in total. The first-order chi connectivity index (χ1) is 8.19. The van der Waals surface area contributed by atoms with Gasteiger partial charge in [-0.3, -0.25) is 0 Å². The third-order valence-electron chi connectivity index (χ3n) is 2.82. The molecule has 0 aliphatic carbocycles. The van der Waals surface area contributed by atoms with Gasteiger partial charge in [0.15, 0.2) is 0 Å². The molecular weight excluding hydrogens is 210 g/mol. The topological polar surface area (TPSA) is 35.2 Å². The van der Waals surface area contributed by atoms with Crippen LogP contribution in [0.5, 0.6) is 5.75 Å². The Bertz CT molecular complexity index is 520. The minimum Gasteiger partial charge on any atom is -0.496 e. The second kappa shape index (κ2) is 4.91. The van der Waals surface area contributed by atoms with Gasteiger partial charge in [-0.05, 0) is 48.2 Å². The summed E-state index contributed by atoms with van der Waals surface area (Å²) in [6, 6.07) is 14.3. The van der Waals surface area contributed by atoms with E-state index in [0.29, 0.717) is 0 Å². The molecule has 0 aromatic heterocycles. The first kappa shape index (κ1) is 11.5. The average Bonchev–Trinajstić information content (AvgIpc) is 2.29. The zero-order chi connectivity index (χ0) is 12.3. The lowest BCUT2D eigenvalue weighted by Crippen LogP contribution is -1.93. The van der Waals surface area contributed by atoms with Crippen LogP contribution in [0.15, 0.2) is 42.5 Å². The van der Waals surface area contributed by atoms with E-state index in [1.165, 1.54) is 11.1 Å². The van der Waals surface area contributed by atoms with E-state index in [9.17, 15) is 0 Å². The minimum absolute atomic E-state index is 0.813. The molecule has 0 aliphatic heterocycles. The van der Waals surface area contributed by atoms with Crippen LogP contribution in [-0.4, -0.2) is 7.11 Å². The van der Waals surface area contributed by atoms with Crippen molar-refractivity contribution in [1.29, 1.82) is 0 Å². The first-order valence-corrected chi connectivity index (χ1v) is 5.67. The van der Waals surface area contributed by atoms with Gasteiger partial charge >= 0.3 is 0 Å².